The molecule has 1 saturated heterocycles. The molecule has 2 amide bonds. The second kappa shape index (κ2) is 4.94. The van der Waals surface area contributed by atoms with E-state index in [-0.39, 0.29) is 23.8 Å². The molecule has 1 aliphatic heterocycles. The van der Waals surface area contributed by atoms with Crippen LogP contribution >= 0.6 is 11.3 Å². The minimum absolute atomic E-state index is 0.0274. The Morgan fingerprint density at radius 2 is 1.84 bits per heavy atom. The van der Waals surface area contributed by atoms with Gasteiger partial charge in [-0.05, 0) is 17.9 Å². The fourth-order valence-electron chi connectivity index (χ4n) is 2.42. The molecule has 1 aromatic rings. The molecule has 2 fully saturated rings. The first-order valence-corrected chi connectivity index (χ1v) is 7.42. The zero-order valence-electron chi connectivity index (χ0n) is 10.6. The first-order chi connectivity index (χ1) is 9.16. The van der Waals surface area contributed by atoms with Crippen LogP contribution in [0.4, 0.5) is 0 Å². The summed E-state index contributed by atoms with van der Waals surface area (Å²) in [5, 5.41) is 1.90. The van der Waals surface area contributed by atoms with E-state index in [9.17, 15) is 9.59 Å². The summed E-state index contributed by atoms with van der Waals surface area (Å²) in [5.74, 6) is 0.264. The van der Waals surface area contributed by atoms with E-state index in [1.807, 2.05) is 27.3 Å². The molecule has 1 aliphatic carbocycles. The molecule has 2 atom stereocenters. The molecule has 102 valence electrons. The van der Waals surface area contributed by atoms with E-state index in [0.717, 1.165) is 11.3 Å². The number of hydrogen-bond donors (Lipinski definition) is 1. The quantitative estimate of drug-likeness (QED) is 0.851. The molecule has 0 aromatic carbocycles. The van der Waals surface area contributed by atoms with Crippen molar-refractivity contribution in [1.82, 2.24) is 9.80 Å². The van der Waals surface area contributed by atoms with Gasteiger partial charge in [0.25, 0.3) is 5.91 Å². The Morgan fingerprint density at radius 3 is 2.37 bits per heavy atom. The average molecular weight is 279 g/mol. The van der Waals surface area contributed by atoms with E-state index < -0.39 is 0 Å². The summed E-state index contributed by atoms with van der Waals surface area (Å²) in [6.45, 7) is 2.48. The van der Waals surface area contributed by atoms with Gasteiger partial charge in [0.05, 0.1) is 10.8 Å². The Hall–Kier alpha value is -1.40. The van der Waals surface area contributed by atoms with Crippen molar-refractivity contribution in [2.45, 2.75) is 12.5 Å². The number of carbonyl (C=O) groups excluding carboxylic acids is 2. The maximum atomic E-state index is 12.1. The van der Waals surface area contributed by atoms with Gasteiger partial charge in [-0.2, -0.15) is 0 Å². The Labute approximate surface area is 116 Å². The van der Waals surface area contributed by atoms with E-state index in [1.54, 1.807) is 0 Å². The largest absolute Gasteiger partial charge is 0.339 e. The van der Waals surface area contributed by atoms with Gasteiger partial charge in [0.15, 0.2) is 0 Å². The molecule has 2 heterocycles. The first kappa shape index (κ1) is 12.6. The second-order valence-electron chi connectivity index (χ2n) is 5.10. The number of nitrogens with zero attached hydrogens (tertiary/aromatic N) is 2. The molecule has 0 spiro atoms. The highest BCUT2D eigenvalue weighted by molar-refractivity contribution is 7.12. The summed E-state index contributed by atoms with van der Waals surface area (Å²) in [7, 11) is 0. The van der Waals surface area contributed by atoms with Crippen molar-refractivity contribution in [2.75, 3.05) is 26.2 Å². The Kier molecular flexibility index (Phi) is 3.28. The van der Waals surface area contributed by atoms with Gasteiger partial charge >= 0.3 is 0 Å². The van der Waals surface area contributed by atoms with E-state index in [1.165, 1.54) is 11.3 Å². The fourth-order valence-corrected chi connectivity index (χ4v) is 3.11. The maximum Gasteiger partial charge on any atom is 0.264 e. The third-order valence-electron chi connectivity index (χ3n) is 3.77. The van der Waals surface area contributed by atoms with Gasteiger partial charge in [-0.25, -0.2) is 0 Å². The summed E-state index contributed by atoms with van der Waals surface area (Å²) in [5.41, 5.74) is 5.70. The lowest BCUT2D eigenvalue weighted by molar-refractivity contribution is -0.134. The minimum atomic E-state index is 0.0274. The highest BCUT2D eigenvalue weighted by atomic mass is 32.1. The second-order valence-corrected chi connectivity index (χ2v) is 6.05. The number of piperazine rings is 1. The molecule has 2 unspecified atom stereocenters. The number of thiophene rings is 1. The van der Waals surface area contributed by atoms with Crippen LogP contribution < -0.4 is 5.73 Å². The lowest BCUT2D eigenvalue weighted by Crippen LogP contribution is -2.51. The molecule has 1 saturated carbocycles. The van der Waals surface area contributed by atoms with Crippen LogP contribution in [-0.4, -0.2) is 53.8 Å². The predicted molar refractivity (Wildman–Crippen MR) is 72.9 cm³/mol. The molecule has 2 N–H and O–H groups in total. The van der Waals surface area contributed by atoms with Crippen LogP contribution in [0.25, 0.3) is 0 Å². The topological polar surface area (TPSA) is 66.6 Å². The van der Waals surface area contributed by atoms with Gasteiger partial charge in [-0.15, -0.1) is 11.3 Å². The Morgan fingerprint density at radius 1 is 1.21 bits per heavy atom. The summed E-state index contributed by atoms with van der Waals surface area (Å²) in [6, 6.07) is 3.78. The molecule has 0 bridgehead atoms. The number of rotatable bonds is 2. The third-order valence-corrected chi connectivity index (χ3v) is 4.63. The predicted octanol–water partition coefficient (Wildman–Crippen LogP) is 0.380. The van der Waals surface area contributed by atoms with Crippen molar-refractivity contribution in [1.29, 1.82) is 0 Å². The van der Waals surface area contributed by atoms with Crippen LogP contribution in [0, 0.1) is 5.92 Å². The first-order valence-electron chi connectivity index (χ1n) is 6.54. The van der Waals surface area contributed by atoms with Crippen LogP contribution in [0.2, 0.25) is 0 Å². The fraction of sp³-hybridized carbons (Fsp3) is 0.538. The molecule has 2 aliphatic rings. The summed E-state index contributed by atoms with van der Waals surface area (Å²) in [4.78, 5) is 28.6. The van der Waals surface area contributed by atoms with E-state index in [0.29, 0.717) is 26.2 Å². The molecule has 1 aromatic heterocycles. The van der Waals surface area contributed by atoms with Gasteiger partial charge in [0, 0.05) is 32.2 Å². The van der Waals surface area contributed by atoms with Crippen molar-refractivity contribution in [3.8, 4) is 0 Å². The van der Waals surface area contributed by atoms with Crippen LogP contribution in [0.1, 0.15) is 16.1 Å². The van der Waals surface area contributed by atoms with E-state index in [4.69, 9.17) is 5.73 Å². The molecule has 19 heavy (non-hydrogen) atoms. The normalized spacial score (nSPS) is 26.4. The minimum Gasteiger partial charge on any atom is -0.339 e. The number of carbonyl (C=O) groups is 2. The standard InChI is InChI=1S/C13H17N3O2S/c14-10-8-9(10)12(17)15-3-5-16(6-4-15)13(18)11-2-1-7-19-11/h1-2,7,9-10H,3-6,8,14H2. The summed E-state index contributed by atoms with van der Waals surface area (Å²) < 4.78 is 0. The lowest BCUT2D eigenvalue weighted by Gasteiger charge is -2.34. The van der Waals surface area contributed by atoms with Gasteiger partial charge < -0.3 is 15.5 Å². The molecule has 6 heteroatoms. The average Bonchev–Trinajstić information content (AvgIpc) is 2.95. The van der Waals surface area contributed by atoms with Crippen molar-refractivity contribution < 1.29 is 9.59 Å². The zero-order chi connectivity index (χ0) is 13.4. The molecule has 3 rings (SSSR count). The number of hydrogen-bond acceptors (Lipinski definition) is 4. The summed E-state index contributed by atoms with van der Waals surface area (Å²) in [6.07, 6.45) is 0.813. The van der Waals surface area contributed by atoms with Crippen molar-refractivity contribution in [3.63, 3.8) is 0 Å². The van der Waals surface area contributed by atoms with E-state index in [2.05, 4.69) is 0 Å². The monoisotopic (exact) mass is 279 g/mol. The molecular formula is C13H17N3O2S. The smallest absolute Gasteiger partial charge is 0.264 e. The van der Waals surface area contributed by atoms with Crippen molar-refractivity contribution in [3.05, 3.63) is 22.4 Å². The lowest BCUT2D eigenvalue weighted by atomic mass is 10.2. The van der Waals surface area contributed by atoms with Crippen LogP contribution in [0.3, 0.4) is 0 Å². The molecule has 0 radical (unpaired) electrons. The highest BCUT2D eigenvalue weighted by Gasteiger charge is 2.42. The Balaban J connectivity index is 1.55. The van der Waals surface area contributed by atoms with Gasteiger partial charge in [-0.3, -0.25) is 9.59 Å². The molecule has 5 nitrogen and oxygen atoms in total. The van der Waals surface area contributed by atoms with Crippen LogP contribution in [0.5, 0.6) is 0 Å². The SMILES string of the molecule is NC1CC1C(=O)N1CCN(C(=O)c2cccs2)CC1. The zero-order valence-corrected chi connectivity index (χ0v) is 11.4. The van der Waals surface area contributed by atoms with Crippen LogP contribution in [-0.2, 0) is 4.79 Å². The summed E-state index contributed by atoms with van der Waals surface area (Å²) >= 11 is 1.46. The van der Waals surface area contributed by atoms with Crippen molar-refractivity contribution in [2.24, 2.45) is 11.7 Å². The highest BCUT2D eigenvalue weighted by Crippen LogP contribution is 2.30. The number of nitrogens with two attached hydrogens (primary N) is 1. The van der Waals surface area contributed by atoms with E-state index >= 15 is 0 Å². The third kappa shape index (κ3) is 2.50. The number of amides is 2. The van der Waals surface area contributed by atoms with Gasteiger partial charge in [-0.1, -0.05) is 6.07 Å². The van der Waals surface area contributed by atoms with Gasteiger partial charge in [0.2, 0.25) is 5.91 Å². The van der Waals surface area contributed by atoms with Crippen LogP contribution in [0.15, 0.2) is 17.5 Å². The van der Waals surface area contributed by atoms with Gasteiger partial charge in [0.1, 0.15) is 0 Å². The molecular weight excluding hydrogens is 262 g/mol. The van der Waals surface area contributed by atoms with Crippen molar-refractivity contribution >= 4 is 23.2 Å². The maximum absolute atomic E-state index is 12.1. The Bertz CT molecular complexity index is 480.